The number of aryl methyl sites for hydroxylation is 1. The average Bonchev–Trinajstić information content (AvgIpc) is 3.34. The van der Waals surface area contributed by atoms with Crippen LogP contribution < -0.4 is 10.2 Å². The Morgan fingerprint density at radius 3 is 2.41 bits per heavy atom. The monoisotopic (exact) mass is 412 g/mol. The van der Waals surface area contributed by atoms with Crippen molar-refractivity contribution >= 4 is 28.9 Å². The van der Waals surface area contributed by atoms with E-state index in [1.54, 1.807) is 35.0 Å². The number of nitrogens with one attached hydrogen (secondary N) is 1. The first-order chi connectivity index (χ1) is 14.0. The van der Waals surface area contributed by atoms with E-state index in [1.807, 2.05) is 19.9 Å². The Labute approximate surface area is 174 Å². The molecular formula is C22H22ClFN4O. The lowest BCUT2D eigenvalue weighted by Crippen LogP contribution is -2.22. The van der Waals surface area contributed by atoms with Gasteiger partial charge in [0.1, 0.15) is 11.5 Å². The van der Waals surface area contributed by atoms with E-state index < -0.39 is 5.82 Å². The highest BCUT2D eigenvalue weighted by Crippen LogP contribution is 2.31. The van der Waals surface area contributed by atoms with E-state index >= 15 is 0 Å². The van der Waals surface area contributed by atoms with Crippen LogP contribution in [0.25, 0.3) is 5.69 Å². The largest absolute Gasteiger partial charge is 0.370 e. The number of anilines is 2. The van der Waals surface area contributed by atoms with Gasteiger partial charge in [0, 0.05) is 18.7 Å². The zero-order chi connectivity index (χ0) is 20.5. The van der Waals surface area contributed by atoms with Crippen LogP contribution in [0.2, 0.25) is 5.02 Å². The molecule has 5 nitrogen and oxygen atoms in total. The zero-order valence-electron chi connectivity index (χ0n) is 16.4. The molecule has 1 saturated heterocycles. The quantitative estimate of drug-likeness (QED) is 0.646. The molecule has 0 radical (unpaired) electrons. The Bertz CT molecular complexity index is 1060. The fourth-order valence-corrected chi connectivity index (χ4v) is 3.79. The number of amides is 1. The molecule has 29 heavy (non-hydrogen) atoms. The van der Waals surface area contributed by atoms with Crippen LogP contribution >= 0.6 is 11.6 Å². The van der Waals surface area contributed by atoms with Crippen LogP contribution in [0.15, 0.2) is 42.5 Å². The lowest BCUT2D eigenvalue weighted by atomic mass is 10.1. The SMILES string of the molecule is Cc1nn(-c2ccc(C(=O)Nc3c(F)cccc3N3CCCC3)cc2)c(C)c1Cl. The van der Waals surface area contributed by atoms with Crippen molar-refractivity contribution in [3.63, 3.8) is 0 Å². The number of hydrogen-bond donors (Lipinski definition) is 1. The average molecular weight is 413 g/mol. The summed E-state index contributed by atoms with van der Waals surface area (Å²) in [4.78, 5) is 14.9. The van der Waals surface area contributed by atoms with Gasteiger partial charge in [-0.05, 0) is 63.1 Å². The molecule has 150 valence electrons. The molecule has 3 aromatic rings. The van der Waals surface area contributed by atoms with Crippen molar-refractivity contribution in [2.24, 2.45) is 0 Å². The van der Waals surface area contributed by atoms with Gasteiger partial charge in [0.05, 0.1) is 27.8 Å². The maximum absolute atomic E-state index is 14.5. The summed E-state index contributed by atoms with van der Waals surface area (Å²) >= 11 is 6.22. The Balaban J connectivity index is 1.57. The summed E-state index contributed by atoms with van der Waals surface area (Å²) in [5, 5.41) is 7.80. The van der Waals surface area contributed by atoms with Crippen LogP contribution in [0.1, 0.15) is 34.6 Å². The van der Waals surface area contributed by atoms with Crippen LogP contribution in [-0.2, 0) is 0 Å². The fraction of sp³-hybridized carbons (Fsp3) is 0.273. The molecule has 7 heteroatoms. The Kier molecular flexibility index (Phi) is 5.28. The van der Waals surface area contributed by atoms with Crippen molar-refractivity contribution in [2.75, 3.05) is 23.3 Å². The van der Waals surface area contributed by atoms with E-state index in [4.69, 9.17) is 11.6 Å². The van der Waals surface area contributed by atoms with E-state index in [-0.39, 0.29) is 11.6 Å². The molecule has 0 unspecified atom stereocenters. The molecule has 0 saturated carbocycles. The summed E-state index contributed by atoms with van der Waals surface area (Å²) in [6.07, 6.45) is 2.14. The number of aromatic nitrogens is 2. The highest BCUT2D eigenvalue weighted by atomic mass is 35.5. The van der Waals surface area contributed by atoms with Gasteiger partial charge in [-0.25, -0.2) is 9.07 Å². The maximum Gasteiger partial charge on any atom is 0.255 e. The third kappa shape index (κ3) is 3.72. The second-order valence-corrected chi connectivity index (χ2v) is 7.60. The van der Waals surface area contributed by atoms with Gasteiger partial charge in [-0.2, -0.15) is 5.10 Å². The van der Waals surface area contributed by atoms with Crippen molar-refractivity contribution in [3.8, 4) is 5.69 Å². The summed E-state index contributed by atoms with van der Waals surface area (Å²) in [5.41, 5.74) is 3.79. The fourth-order valence-electron chi connectivity index (χ4n) is 3.67. The number of hydrogen-bond acceptors (Lipinski definition) is 3. The molecular weight excluding hydrogens is 391 g/mol. The second-order valence-electron chi connectivity index (χ2n) is 7.23. The number of nitrogens with zero attached hydrogens (tertiary/aromatic N) is 3. The van der Waals surface area contributed by atoms with Crippen LogP contribution in [0.5, 0.6) is 0 Å². The lowest BCUT2D eigenvalue weighted by Gasteiger charge is -2.22. The number of para-hydroxylation sites is 1. The van der Waals surface area contributed by atoms with E-state index in [0.717, 1.165) is 48.7 Å². The first-order valence-electron chi connectivity index (χ1n) is 9.62. The molecule has 4 rings (SSSR count). The highest BCUT2D eigenvalue weighted by Gasteiger charge is 2.20. The summed E-state index contributed by atoms with van der Waals surface area (Å²) in [6.45, 7) is 5.47. The number of halogens is 2. The molecule has 1 aliphatic rings. The normalized spacial score (nSPS) is 13.7. The Morgan fingerprint density at radius 1 is 1.10 bits per heavy atom. The van der Waals surface area contributed by atoms with Gasteiger partial charge in [0.25, 0.3) is 5.91 Å². The number of carbonyl (C=O) groups is 1. The molecule has 1 aliphatic heterocycles. The first-order valence-corrected chi connectivity index (χ1v) is 10.0. The first kappa shape index (κ1) is 19.5. The van der Waals surface area contributed by atoms with Gasteiger partial charge in [0.15, 0.2) is 0 Å². The lowest BCUT2D eigenvalue weighted by molar-refractivity contribution is 0.102. The molecule has 2 heterocycles. The van der Waals surface area contributed by atoms with Gasteiger partial charge < -0.3 is 10.2 Å². The van der Waals surface area contributed by atoms with Gasteiger partial charge in [-0.1, -0.05) is 17.7 Å². The van der Waals surface area contributed by atoms with Gasteiger partial charge in [0.2, 0.25) is 0 Å². The van der Waals surface area contributed by atoms with Crippen molar-refractivity contribution in [1.82, 2.24) is 9.78 Å². The standard InChI is InChI=1S/C22H22ClFN4O/c1-14-20(23)15(2)28(26-14)17-10-8-16(9-11-17)22(29)25-21-18(24)6-5-7-19(21)27-12-3-4-13-27/h5-11H,3-4,12-13H2,1-2H3,(H,25,29). The molecule has 1 aromatic heterocycles. The molecule has 1 amide bonds. The molecule has 0 spiro atoms. The minimum Gasteiger partial charge on any atom is -0.370 e. The molecule has 1 fully saturated rings. The van der Waals surface area contributed by atoms with E-state index in [9.17, 15) is 9.18 Å². The number of rotatable bonds is 4. The third-order valence-electron chi connectivity index (χ3n) is 5.25. The van der Waals surface area contributed by atoms with Crippen LogP contribution in [0.3, 0.4) is 0 Å². The van der Waals surface area contributed by atoms with Crippen molar-refractivity contribution in [1.29, 1.82) is 0 Å². The molecule has 0 aliphatic carbocycles. The van der Waals surface area contributed by atoms with Crippen LogP contribution in [-0.4, -0.2) is 28.8 Å². The smallest absolute Gasteiger partial charge is 0.255 e. The van der Waals surface area contributed by atoms with Crippen molar-refractivity contribution < 1.29 is 9.18 Å². The summed E-state index contributed by atoms with van der Waals surface area (Å²) in [7, 11) is 0. The van der Waals surface area contributed by atoms with Crippen LogP contribution in [0, 0.1) is 19.7 Å². The summed E-state index contributed by atoms with van der Waals surface area (Å²) < 4.78 is 16.2. The van der Waals surface area contributed by atoms with Gasteiger partial charge in [-0.15, -0.1) is 0 Å². The molecule has 1 N–H and O–H groups in total. The second kappa shape index (κ2) is 7.87. The van der Waals surface area contributed by atoms with Crippen LogP contribution in [0.4, 0.5) is 15.8 Å². The van der Waals surface area contributed by atoms with E-state index in [2.05, 4.69) is 15.3 Å². The third-order valence-corrected chi connectivity index (χ3v) is 5.80. The Morgan fingerprint density at radius 2 is 1.79 bits per heavy atom. The van der Waals surface area contributed by atoms with Crippen molar-refractivity contribution in [3.05, 3.63) is 70.3 Å². The van der Waals surface area contributed by atoms with Gasteiger partial charge >= 0.3 is 0 Å². The number of benzene rings is 2. The summed E-state index contributed by atoms with van der Waals surface area (Å²) in [6, 6.07) is 11.9. The van der Waals surface area contributed by atoms with E-state index in [0.29, 0.717) is 10.6 Å². The maximum atomic E-state index is 14.5. The predicted molar refractivity (Wildman–Crippen MR) is 114 cm³/mol. The minimum atomic E-state index is -0.434. The molecule has 0 atom stereocenters. The Hall–Kier alpha value is -2.86. The van der Waals surface area contributed by atoms with Gasteiger partial charge in [-0.3, -0.25) is 4.79 Å². The molecule has 2 aromatic carbocycles. The minimum absolute atomic E-state index is 0.230. The van der Waals surface area contributed by atoms with Crippen molar-refractivity contribution in [2.45, 2.75) is 26.7 Å². The zero-order valence-corrected chi connectivity index (χ0v) is 17.1. The number of carbonyl (C=O) groups excluding carboxylic acids is 1. The summed E-state index contributed by atoms with van der Waals surface area (Å²) in [5.74, 6) is -0.787. The topological polar surface area (TPSA) is 50.2 Å². The van der Waals surface area contributed by atoms with E-state index in [1.165, 1.54) is 6.07 Å². The predicted octanol–water partition coefficient (Wildman–Crippen LogP) is 5.13. The molecule has 0 bridgehead atoms. The highest BCUT2D eigenvalue weighted by molar-refractivity contribution is 6.31.